The van der Waals surface area contributed by atoms with Crippen LogP contribution in [-0.4, -0.2) is 14.2 Å². The Morgan fingerprint density at radius 3 is 2.70 bits per heavy atom. The van der Waals surface area contributed by atoms with Gasteiger partial charge in [0.1, 0.15) is 0 Å². The summed E-state index contributed by atoms with van der Waals surface area (Å²) in [6.45, 7) is 1.92. The number of rotatable bonds is 1. The molecule has 1 heterocycles. The fraction of sp³-hybridized carbons (Fsp3) is 0.143. The van der Waals surface area contributed by atoms with Gasteiger partial charge >= 0.3 is 70.0 Å². The van der Waals surface area contributed by atoms with E-state index in [1.807, 2.05) is 19.1 Å². The molecule has 0 aliphatic heterocycles. The SMILES string of the molecule is Cc1ccc([C](O)=[W])cn1. The molecular formula is C7H7NOW. The van der Waals surface area contributed by atoms with E-state index in [0.717, 1.165) is 30.6 Å². The van der Waals surface area contributed by atoms with Gasteiger partial charge in [0.2, 0.25) is 0 Å². The van der Waals surface area contributed by atoms with Gasteiger partial charge in [-0.25, -0.2) is 0 Å². The summed E-state index contributed by atoms with van der Waals surface area (Å²) in [5, 5.41) is 9.03. The fourth-order valence-corrected chi connectivity index (χ4v) is 1.03. The molecular weight excluding hydrogens is 298 g/mol. The van der Waals surface area contributed by atoms with E-state index in [2.05, 4.69) is 4.98 Å². The Bertz CT molecular complexity index is 242. The van der Waals surface area contributed by atoms with E-state index in [1.165, 1.54) is 0 Å². The molecule has 0 unspecified atom stereocenters. The van der Waals surface area contributed by atoms with E-state index < -0.39 is 0 Å². The Morgan fingerprint density at radius 2 is 2.30 bits per heavy atom. The number of hydrogen-bond acceptors (Lipinski definition) is 2. The van der Waals surface area contributed by atoms with Gasteiger partial charge in [0.25, 0.3) is 0 Å². The normalized spacial score (nSPS) is 9.40. The van der Waals surface area contributed by atoms with E-state index in [-0.39, 0.29) is 0 Å². The van der Waals surface area contributed by atoms with Crippen molar-refractivity contribution in [2.45, 2.75) is 6.92 Å². The predicted molar refractivity (Wildman–Crippen MR) is 35.0 cm³/mol. The van der Waals surface area contributed by atoms with Crippen molar-refractivity contribution in [1.29, 1.82) is 0 Å². The summed E-state index contributed by atoms with van der Waals surface area (Å²) in [7, 11) is 0. The molecule has 0 aliphatic carbocycles. The third-order valence-electron chi connectivity index (χ3n) is 1.16. The Balaban J connectivity index is 3.00. The molecule has 10 heavy (non-hydrogen) atoms. The summed E-state index contributed by atoms with van der Waals surface area (Å²) in [5.74, 6) is 0. The van der Waals surface area contributed by atoms with E-state index >= 15 is 0 Å². The van der Waals surface area contributed by atoms with E-state index in [4.69, 9.17) is 5.11 Å². The van der Waals surface area contributed by atoms with Crippen molar-refractivity contribution in [3.8, 4) is 0 Å². The molecule has 3 heteroatoms. The second-order valence-electron chi connectivity index (χ2n) is 1.99. The first-order chi connectivity index (χ1) is 4.70. The number of pyridine rings is 1. The standard InChI is InChI=1S/C7H7NO.W/c1-6-2-3-7(5-9)4-8-6;/h2-4,9H,1H3;. The van der Waals surface area contributed by atoms with Gasteiger partial charge < -0.3 is 0 Å². The minimum atomic E-state index is 0.396. The van der Waals surface area contributed by atoms with Crippen LogP contribution in [0.1, 0.15) is 11.3 Å². The first kappa shape index (κ1) is 7.77. The molecule has 52 valence electrons. The number of nitrogens with zero attached hydrogens (tertiary/aromatic N) is 1. The minimum absolute atomic E-state index is 0.396. The zero-order valence-corrected chi connectivity index (χ0v) is 8.47. The van der Waals surface area contributed by atoms with Crippen LogP contribution in [0.2, 0.25) is 0 Å². The van der Waals surface area contributed by atoms with Gasteiger partial charge in [-0.1, -0.05) is 0 Å². The summed E-state index contributed by atoms with van der Waals surface area (Å²) in [6.07, 6.45) is 1.68. The van der Waals surface area contributed by atoms with Crippen molar-refractivity contribution in [3.63, 3.8) is 0 Å². The van der Waals surface area contributed by atoms with Crippen molar-refractivity contribution in [2.75, 3.05) is 0 Å². The molecule has 0 saturated carbocycles. The van der Waals surface area contributed by atoms with Crippen LogP contribution < -0.4 is 0 Å². The molecule has 0 bridgehead atoms. The Labute approximate surface area is 70.3 Å². The molecule has 0 saturated heterocycles. The van der Waals surface area contributed by atoms with E-state index in [1.54, 1.807) is 6.20 Å². The second kappa shape index (κ2) is 3.18. The monoisotopic (exact) mass is 305 g/mol. The van der Waals surface area contributed by atoms with Crippen molar-refractivity contribution < 1.29 is 24.5 Å². The van der Waals surface area contributed by atoms with Crippen LogP contribution in [0.3, 0.4) is 0 Å². The van der Waals surface area contributed by atoms with E-state index in [9.17, 15) is 0 Å². The molecule has 0 radical (unpaired) electrons. The van der Waals surface area contributed by atoms with Crippen molar-refractivity contribution in [1.82, 2.24) is 4.98 Å². The van der Waals surface area contributed by atoms with Gasteiger partial charge in [0, 0.05) is 0 Å². The molecule has 0 amide bonds. The van der Waals surface area contributed by atoms with Crippen LogP contribution in [0.15, 0.2) is 18.3 Å². The Kier molecular flexibility index (Phi) is 2.47. The van der Waals surface area contributed by atoms with Gasteiger partial charge in [-0.15, -0.1) is 0 Å². The van der Waals surface area contributed by atoms with Crippen molar-refractivity contribution in [3.05, 3.63) is 29.6 Å². The summed E-state index contributed by atoms with van der Waals surface area (Å²) in [4.78, 5) is 4.03. The molecule has 1 aromatic rings. The van der Waals surface area contributed by atoms with Gasteiger partial charge in [-0.2, -0.15) is 0 Å². The average Bonchev–Trinajstić information content (AvgIpc) is 1.88. The molecule has 0 aromatic carbocycles. The molecule has 0 fully saturated rings. The predicted octanol–water partition coefficient (Wildman–Crippen LogP) is 0.787. The van der Waals surface area contributed by atoms with Crippen LogP contribution in [-0.2, 0) is 19.4 Å². The molecule has 2 nitrogen and oxygen atoms in total. The number of aromatic nitrogens is 1. The van der Waals surface area contributed by atoms with Crippen molar-refractivity contribution in [2.24, 2.45) is 0 Å². The zero-order chi connectivity index (χ0) is 7.56. The molecule has 0 atom stereocenters. The number of aryl methyl sites for hydroxylation is 1. The van der Waals surface area contributed by atoms with E-state index in [0.29, 0.717) is 4.08 Å². The van der Waals surface area contributed by atoms with Crippen LogP contribution in [0.25, 0.3) is 0 Å². The molecule has 0 spiro atoms. The zero-order valence-electron chi connectivity index (χ0n) is 5.53. The first-order valence-corrected chi connectivity index (χ1v) is 4.33. The molecule has 0 aliphatic rings. The van der Waals surface area contributed by atoms with Crippen LogP contribution in [0.4, 0.5) is 0 Å². The second-order valence-corrected chi connectivity index (χ2v) is 3.38. The van der Waals surface area contributed by atoms with Gasteiger partial charge in [-0.05, 0) is 0 Å². The number of aliphatic hydroxyl groups excluding tert-OH is 1. The Morgan fingerprint density at radius 1 is 1.60 bits per heavy atom. The quantitative estimate of drug-likeness (QED) is 0.832. The molecule has 1 N–H and O–H groups in total. The van der Waals surface area contributed by atoms with Crippen LogP contribution >= 0.6 is 0 Å². The maximum atomic E-state index is 9.03. The van der Waals surface area contributed by atoms with Gasteiger partial charge in [-0.3, -0.25) is 0 Å². The topological polar surface area (TPSA) is 33.1 Å². The third-order valence-corrected chi connectivity index (χ3v) is 2.01. The maximum absolute atomic E-state index is 9.03. The number of aliphatic hydroxyl groups is 1. The summed E-state index contributed by atoms with van der Waals surface area (Å²) < 4.78 is 0.396. The molecule has 1 rings (SSSR count). The van der Waals surface area contributed by atoms with Crippen LogP contribution in [0, 0.1) is 6.92 Å². The average molecular weight is 305 g/mol. The fourth-order valence-electron chi connectivity index (χ4n) is 0.594. The van der Waals surface area contributed by atoms with Crippen LogP contribution in [0.5, 0.6) is 0 Å². The van der Waals surface area contributed by atoms with Gasteiger partial charge in [0.05, 0.1) is 0 Å². The van der Waals surface area contributed by atoms with Gasteiger partial charge in [0.15, 0.2) is 0 Å². The third kappa shape index (κ3) is 1.83. The number of hydrogen-bond donors (Lipinski definition) is 1. The summed E-state index contributed by atoms with van der Waals surface area (Å²) in [6, 6.07) is 3.75. The molecule has 1 aromatic heterocycles. The summed E-state index contributed by atoms with van der Waals surface area (Å²) >= 11 is 1.07. The Hall–Kier alpha value is -0.332. The first-order valence-electron chi connectivity index (χ1n) is 2.86. The summed E-state index contributed by atoms with van der Waals surface area (Å²) in [5.41, 5.74) is 1.79. The van der Waals surface area contributed by atoms with Crippen molar-refractivity contribution >= 4 is 4.08 Å².